The Kier molecular flexibility index (Phi) is 8.36. The highest BCUT2D eigenvalue weighted by molar-refractivity contribution is 8.00. The number of carbonyl (C=O) groups is 2. The summed E-state index contributed by atoms with van der Waals surface area (Å²) < 4.78 is 10.2. The molecular weight excluding hydrogens is 364 g/mol. The molecule has 1 amide bonds. The van der Waals surface area contributed by atoms with E-state index in [0.29, 0.717) is 29.2 Å². The first-order valence-electron chi connectivity index (χ1n) is 8.27. The highest BCUT2D eigenvalue weighted by atomic mass is 32.2. The quantitative estimate of drug-likeness (QED) is 0.406. The first-order valence-corrected chi connectivity index (χ1v) is 9.26. The second-order valence-corrected chi connectivity index (χ2v) is 6.53. The third-order valence-corrected chi connectivity index (χ3v) is 4.59. The van der Waals surface area contributed by atoms with E-state index in [9.17, 15) is 9.59 Å². The van der Waals surface area contributed by atoms with Gasteiger partial charge in [0.15, 0.2) is 0 Å². The summed E-state index contributed by atoms with van der Waals surface area (Å²) in [5, 5.41) is 11.7. The van der Waals surface area contributed by atoms with Gasteiger partial charge in [-0.05, 0) is 29.8 Å². The number of esters is 1. The van der Waals surface area contributed by atoms with E-state index in [-0.39, 0.29) is 18.3 Å². The Hall–Kier alpha value is -2.82. The molecule has 7 heteroatoms. The highest BCUT2D eigenvalue weighted by Gasteiger charge is 2.14. The Morgan fingerprint density at radius 1 is 1.19 bits per heavy atom. The van der Waals surface area contributed by atoms with Gasteiger partial charge in [0.05, 0.1) is 29.6 Å². The summed E-state index contributed by atoms with van der Waals surface area (Å²) in [4.78, 5) is 24.9. The minimum atomic E-state index is -0.472. The maximum atomic E-state index is 12.4. The van der Waals surface area contributed by atoms with E-state index in [1.165, 1.54) is 11.8 Å². The number of hydrogen-bond donors (Lipinski definition) is 1. The van der Waals surface area contributed by atoms with Crippen molar-refractivity contribution < 1.29 is 19.1 Å². The van der Waals surface area contributed by atoms with Crippen LogP contribution in [0.1, 0.15) is 21.5 Å². The van der Waals surface area contributed by atoms with Crippen LogP contribution in [0.4, 0.5) is 0 Å². The predicted octanol–water partition coefficient (Wildman–Crippen LogP) is 2.77. The zero-order chi connectivity index (χ0) is 19.5. The number of benzene rings is 2. The van der Waals surface area contributed by atoms with Gasteiger partial charge in [-0.2, -0.15) is 5.26 Å². The first kappa shape index (κ1) is 20.5. The number of nitrogens with zero attached hydrogens (tertiary/aromatic N) is 1. The van der Waals surface area contributed by atoms with Crippen LogP contribution in [-0.2, 0) is 20.9 Å². The van der Waals surface area contributed by atoms with E-state index in [2.05, 4.69) is 11.4 Å². The summed E-state index contributed by atoms with van der Waals surface area (Å²) in [6, 6.07) is 15.9. The van der Waals surface area contributed by atoms with Crippen LogP contribution in [0.2, 0.25) is 0 Å². The van der Waals surface area contributed by atoms with Gasteiger partial charge in [-0.3, -0.25) is 4.79 Å². The number of amides is 1. The molecule has 0 bridgehead atoms. The second-order valence-electron chi connectivity index (χ2n) is 5.52. The number of methoxy groups -OCH3 is 1. The molecule has 140 valence electrons. The average Bonchev–Trinajstić information content (AvgIpc) is 2.71. The molecule has 2 rings (SSSR count). The Morgan fingerprint density at radius 2 is 2.00 bits per heavy atom. The molecule has 0 aliphatic rings. The lowest BCUT2D eigenvalue weighted by molar-refractivity contribution is -0.118. The summed E-state index contributed by atoms with van der Waals surface area (Å²) >= 11 is 1.27. The van der Waals surface area contributed by atoms with Crippen molar-refractivity contribution in [1.82, 2.24) is 5.32 Å². The fourth-order valence-electron chi connectivity index (χ4n) is 2.21. The van der Waals surface area contributed by atoms with Gasteiger partial charge in [0.2, 0.25) is 5.91 Å². The Bertz CT molecular complexity index is 833. The molecule has 0 aromatic heterocycles. The average molecular weight is 384 g/mol. The molecule has 0 heterocycles. The molecule has 0 fully saturated rings. The zero-order valence-corrected chi connectivity index (χ0v) is 15.8. The normalized spacial score (nSPS) is 10.1. The van der Waals surface area contributed by atoms with Gasteiger partial charge in [0.1, 0.15) is 6.61 Å². The molecule has 0 saturated heterocycles. The number of carbonyl (C=O) groups excluding carboxylic acids is 2. The molecule has 0 radical (unpaired) electrons. The molecule has 0 spiro atoms. The molecular formula is C20H20N2O4S. The Morgan fingerprint density at radius 3 is 2.78 bits per heavy atom. The number of rotatable bonds is 9. The smallest absolute Gasteiger partial charge is 0.339 e. The van der Waals surface area contributed by atoms with Gasteiger partial charge in [-0.25, -0.2) is 4.79 Å². The molecule has 27 heavy (non-hydrogen) atoms. The second kappa shape index (κ2) is 11.0. The van der Waals surface area contributed by atoms with Gasteiger partial charge in [-0.15, -0.1) is 11.8 Å². The minimum Gasteiger partial charge on any atom is -0.457 e. The van der Waals surface area contributed by atoms with Gasteiger partial charge < -0.3 is 14.8 Å². The Labute approximate surface area is 162 Å². The van der Waals surface area contributed by atoms with Crippen molar-refractivity contribution in [3.05, 3.63) is 65.2 Å². The Balaban J connectivity index is 1.94. The van der Waals surface area contributed by atoms with E-state index < -0.39 is 5.97 Å². The SMILES string of the molecule is COCCNC(=O)CSc1ccccc1C(=O)OCc1cccc(C#N)c1. The molecule has 0 atom stereocenters. The van der Waals surface area contributed by atoms with Crippen molar-refractivity contribution in [2.45, 2.75) is 11.5 Å². The molecule has 1 N–H and O–H groups in total. The molecule has 2 aromatic rings. The number of thioether (sulfide) groups is 1. The van der Waals surface area contributed by atoms with Crippen LogP contribution in [-0.4, -0.2) is 37.9 Å². The van der Waals surface area contributed by atoms with E-state index in [1.54, 1.807) is 55.6 Å². The van der Waals surface area contributed by atoms with Crippen molar-refractivity contribution in [3.8, 4) is 6.07 Å². The lowest BCUT2D eigenvalue weighted by Crippen LogP contribution is -2.28. The van der Waals surface area contributed by atoms with Crippen molar-refractivity contribution in [3.63, 3.8) is 0 Å². The van der Waals surface area contributed by atoms with Crippen LogP contribution < -0.4 is 5.32 Å². The summed E-state index contributed by atoms with van der Waals surface area (Å²) in [7, 11) is 1.57. The number of nitrogens with one attached hydrogen (secondary N) is 1. The first-order chi connectivity index (χ1) is 13.1. The van der Waals surface area contributed by atoms with Crippen LogP contribution in [0.25, 0.3) is 0 Å². The molecule has 0 aliphatic carbocycles. The van der Waals surface area contributed by atoms with Crippen molar-refractivity contribution in [2.24, 2.45) is 0 Å². The minimum absolute atomic E-state index is 0.0743. The van der Waals surface area contributed by atoms with Crippen molar-refractivity contribution >= 4 is 23.6 Å². The lowest BCUT2D eigenvalue weighted by Gasteiger charge is -2.10. The molecule has 2 aromatic carbocycles. The summed E-state index contributed by atoms with van der Waals surface area (Å²) in [5.74, 6) is -0.410. The van der Waals surface area contributed by atoms with Crippen LogP contribution in [0.15, 0.2) is 53.4 Å². The molecule has 0 unspecified atom stereocenters. The fourth-order valence-corrected chi connectivity index (χ4v) is 3.08. The summed E-state index contributed by atoms with van der Waals surface area (Å²) in [5.41, 5.74) is 1.66. The standard InChI is InChI=1S/C20H20N2O4S/c1-25-10-9-22-19(23)14-27-18-8-3-2-7-17(18)20(24)26-13-16-6-4-5-15(11-16)12-21/h2-8,11H,9-10,13-14H2,1H3,(H,22,23). The van der Waals surface area contributed by atoms with Gasteiger partial charge in [0.25, 0.3) is 0 Å². The maximum Gasteiger partial charge on any atom is 0.339 e. The van der Waals surface area contributed by atoms with Gasteiger partial charge >= 0.3 is 5.97 Å². The fraction of sp³-hybridized carbons (Fsp3) is 0.250. The van der Waals surface area contributed by atoms with Gasteiger partial charge in [-0.1, -0.05) is 24.3 Å². The molecule has 6 nitrogen and oxygen atoms in total. The van der Waals surface area contributed by atoms with E-state index in [0.717, 1.165) is 5.56 Å². The summed E-state index contributed by atoms with van der Waals surface area (Å²) in [6.45, 7) is 0.971. The number of nitriles is 1. The largest absolute Gasteiger partial charge is 0.457 e. The number of ether oxygens (including phenoxy) is 2. The van der Waals surface area contributed by atoms with Crippen molar-refractivity contribution in [2.75, 3.05) is 26.0 Å². The van der Waals surface area contributed by atoms with E-state index in [4.69, 9.17) is 14.7 Å². The van der Waals surface area contributed by atoms with Crippen molar-refractivity contribution in [1.29, 1.82) is 5.26 Å². The van der Waals surface area contributed by atoms with E-state index in [1.807, 2.05) is 0 Å². The maximum absolute atomic E-state index is 12.4. The van der Waals surface area contributed by atoms with Gasteiger partial charge in [0, 0.05) is 18.6 Å². The van der Waals surface area contributed by atoms with Crippen LogP contribution in [0.5, 0.6) is 0 Å². The number of hydrogen-bond acceptors (Lipinski definition) is 6. The zero-order valence-electron chi connectivity index (χ0n) is 14.9. The lowest BCUT2D eigenvalue weighted by atomic mass is 10.1. The molecule has 0 aliphatic heterocycles. The topological polar surface area (TPSA) is 88.4 Å². The molecule has 0 saturated carbocycles. The highest BCUT2D eigenvalue weighted by Crippen LogP contribution is 2.23. The van der Waals surface area contributed by atoms with Crippen LogP contribution in [0, 0.1) is 11.3 Å². The van der Waals surface area contributed by atoms with Crippen LogP contribution in [0.3, 0.4) is 0 Å². The summed E-state index contributed by atoms with van der Waals surface area (Å²) in [6.07, 6.45) is 0. The predicted molar refractivity (Wildman–Crippen MR) is 102 cm³/mol. The third kappa shape index (κ3) is 6.77. The van der Waals surface area contributed by atoms with Crippen LogP contribution >= 0.6 is 11.8 Å². The monoisotopic (exact) mass is 384 g/mol. The van der Waals surface area contributed by atoms with E-state index >= 15 is 0 Å². The third-order valence-electron chi connectivity index (χ3n) is 3.52.